The Balaban J connectivity index is 1.96. The molecule has 0 unspecified atom stereocenters. The third-order valence-corrected chi connectivity index (χ3v) is 4.38. The van der Waals surface area contributed by atoms with Crippen LogP contribution in [0.15, 0.2) is 45.6 Å². The summed E-state index contributed by atoms with van der Waals surface area (Å²) < 4.78 is 10.3. The number of fused-ring (bicyclic) bond motifs is 1. The predicted octanol–water partition coefficient (Wildman–Crippen LogP) is 3.98. The lowest BCUT2D eigenvalue weighted by molar-refractivity contribution is -0.385. The van der Waals surface area contributed by atoms with Gasteiger partial charge in [0.05, 0.1) is 4.92 Å². The molecular weight excluding hydrogens is 390 g/mol. The molecule has 0 aliphatic heterocycles. The Morgan fingerprint density at radius 3 is 2.68 bits per heavy atom. The van der Waals surface area contributed by atoms with Crippen LogP contribution in [-0.2, 0) is 17.8 Å². The monoisotopic (exact) mass is 403 g/mol. The first kappa shape index (κ1) is 19.4. The Labute approximate surface area is 163 Å². The number of nitro groups is 1. The first-order chi connectivity index (χ1) is 13.3. The van der Waals surface area contributed by atoms with Gasteiger partial charge in [-0.05, 0) is 30.2 Å². The van der Waals surface area contributed by atoms with Gasteiger partial charge in [0.1, 0.15) is 23.5 Å². The summed E-state index contributed by atoms with van der Waals surface area (Å²) in [4.78, 5) is 34.5. The van der Waals surface area contributed by atoms with E-state index < -0.39 is 22.2 Å². The molecule has 8 nitrogen and oxygen atoms in total. The zero-order chi connectivity index (χ0) is 20.4. The highest BCUT2D eigenvalue weighted by Crippen LogP contribution is 2.28. The summed E-state index contributed by atoms with van der Waals surface area (Å²) in [5, 5.41) is 21.7. The number of phenolic OH excluding ortho intramolecular Hbond substituents is 1. The first-order valence-corrected chi connectivity index (χ1v) is 8.57. The molecule has 9 heteroatoms. The van der Waals surface area contributed by atoms with Crippen molar-refractivity contribution in [1.82, 2.24) is 0 Å². The molecule has 3 aromatic rings. The molecule has 0 bridgehead atoms. The van der Waals surface area contributed by atoms with Crippen molar-refractivity contribution in [2.24, 2.45) is 0 Å². The lowest BCUT2D eigenvalue weighted by Crippen LogP contribution is -2.10. The van der Waals surface area contributed by atoms with Gasteiger partial charge in [0.25, 0.3) is 5.69 Å². The molecule has 2 aromatic carbocycles. The van der Waals surface area contributed by atoms with Gasteiger partial charge in [-0.3, -0.25) is 10.1 Å². The number of hydrogen-bond donors (Lipinski definition) is 1. The molecule has 144 valence electrons. The van der Waals surface area contributed by atoms with Gasteiger partial charge in [0, 0.05) is 34.2 Å². The lowest BCUT2D eigenvalue weighted by Gasteiger charge is -2.10. The number of phenols is 1. The highest BCUT2D eigenvalue weighted by Gasteiger charge is 2.22. The van der Waals surface area contributed by atoms with E-state index in [4.69, 9.17) is 20.8 Å². The second kappa shape index (κ2) is 7.69. The molecule has 0 aliphatic carbocycles. The summed E-state index contributed by atoms with van der Waals surface area (Å²) in [5.41, 5.74) is -0.307. The van der Waals surface area contributed by atoms with E-state index in [0.29, 0.717) is 22.9 Å². The third-order valence-electron chi connectivity index (χ3n) is 4.14. The van der Waals surface area contributed by atoms with Crippen LogP contribution < -0.4 is 5.63 Å². The van der Waals surface area contributed by atoms with E-state index in [1.807, 2.05) is 6.92 Å². The molecule has 0 atom stereocenters. The minimum Gasteiger partial charge on any atom is -0.508 e. The highest BCUT2D eigenvalue weighted by molar-refractivity contribution is 6.31. The summed E-state index contributed by atoms with van der Waals surface area (Å²) in [6.45, 7) is 1.52. The van der Waals surface area contributed by atoms with E-state index in [0.717, 1.165) is 12.1 Å². The molecule has 0 fully saturated rings. The van der Waals surface area contributed by atoms with Gasteiger partial charge in [-0.1, -0.05) is 18.5 Å². The molecule has 0 radical (unpaired) electrons. The molecule has 1 N–H and O–H groups in total. The van der Waals surface area contributed by atoms with Crippen molar-refractivity contribution in [3.8, 4) is 5.75 Å². The Morgan fingerprint density at radius 1 is 1.25 bits per heavy atom. The Kier molecular flexibility index (Phi) is 5.32. The average Bonchev–Trinajstić information content (AvgIpc) is 2.64. The fourth-order valence-electron chi connectivity index (χ4n) is 2.76. The van der Waals surface area contributed by atoms with Crippen molar-refractivity contribution in [1.29, 1.82) is 0 Å². The van der Waals surface area contributed by atoms with Crippen LogP contribution in [0.1, 0.15) is 28.4 Å². The normalized spacial score (nSPS) is 10.8. The van der Waals surface area contributed by atoms with Crippen LogP contribution in [-0.4, -0.2) is 16.0 Å². The fourth-order valence-corrected chi connectivity index (χ4v) is 2.93. The zero-order valence-corrected chi connectivity index (χ0v) is 15.4. The van der Waals surface area contributed by atoms with Crippen molar-refractivity contribution >= 4 is 34.2 Å². The second-order valence-electron chi connectivity index (χ2n) is 5.92. The van der Waals surface area contributed by atoms with E-state index in [2.05, 4.69) is 0 Å². The minimum absolute atomic E-state index is 0.0122. The van der Waals surface area contributed by atoms with Crippen LogP contribution in [0.25, 0.3) is 11.0 Å². The van der Waals surface area contributed by atoms with Crippen LogP contribution in [0.5, 0.6) is 5.75 Å². The number of halogens is 1. The number of nitrogens with zero attached hydrogens (tertiary/aromatic N) is 1. The second-order valence-corrected chi connectivity index (χ2v) is 6.35. The van der Waals surface area contributed by atoms with Crippen LogP contribution >= 0.6 is 11.6 Å². The predicted molar refractivity (Wildman–Crippen MR) is 101 cm³/mol. The van der Waals surface area contributed by atoms with Crippen molar-refractivity contribution in [2.45, 2.75) is 20.0 Å². The van der Waals surface area contributed by atoms with Crippen LogP contribution in [0.4, 0.5) is 5.69 Å². The van der Waals surface area contributed by atoms with Crippen LogP contribution in [0.3, 0.4) is 0 Å². The molecule has 0 aliphatic rings. The maximum atomic E-state index is 12.4. The SMILES string of the molecule is CCc1cc2c(COC(=O)c3cc(Cl)ccc3[N+](=O)[O-])cc(=O)oc2cc1O. The average molecular weight is 404 g/mol. The number of aryl methyl sites for hydroxylation is 1. The summed E-state index contributed by atoms with van der Waals surface area (Å²) in [7, 11) is 0. The fraction of sp³-hybridized carbons (Fsp3) is 0.158. The number of carbonyl (C=O) groups excluding carboxylic acids is 1. The number of benzene rings is 2. The van der Waals surface area contributed by atoms with Gasteiger partial charge in [-0.25, -0.2) is 9.59 Å². The van der Waals surface area contributed by atoms with Crippen molar-refractivity contribution in [2.75, 3.05) is 0 Å². The molecule has 0 saturated carbocycles. The largest absolute Gasteiger partial charge is 0.508 e. The number of rotatable bonds is 5. The van der Waals surface area contributed by atoms with E-state index in [1.165, 1.54) is 18.2 Å². The summed E-state index contributed by atoms with van der Waals surface area (Å²) in [6, 6.07) is 7.68. The first-order valence-electron chi connectivity index (χ1n) is 8.19. The van der Waals surface area contributed by atoms with E-state index >= 15 is 0 Å². The number of hydrogen-bond acceptors (Lipinski definition) is 7. The van der Waals surface area contributed by atoms with Crippen molar-refractivity contribution < 1.29 is 24.0 Å². The molecule has 0 amide bonds. The number of esters is 1. The lowest BCUT2D eigenvalue weighted by atomic mass is 10.0. The molecular formula is C19H14ClNO7. The van der Waals surface area contributed by atoms with Gasteiger partial charge in [-0.15, -0.1) is 0 Å². The molecule has 3 rings (SSSR count). The number of carbonyl (C=O) groups is 1. The van der Waals surface area contributed by atoms with Crippen LogP contribution in [0.2, 0.25) is 5.02 Å². The number of nitro benzene ring substituents is 1. The third kappa shape index (κ3) is 3.81. The number of ether oxygens (including phenoxy) is 1. The van der Waals surface area contributed by atoms with Gasteiger partial charge in [0.15, 0.2) is 0 Å². The van der Waals surface area contributed by atoms with Gasteiger partial charge in [-0.2, -0.15) is 0 Å². The Morgan fingerprint density at radius 2 is 2.00 bits per heavy atom. The molecule has 28 heavy (non-hydrogen) atoms. The van der Waals surface area contributed by atoms with Crippen molar-refractivity contribution in [3.63, 3.8) is 0 Å². The quantitative estimate of drug-likeness (QED) is 0.296. The molecule has 0 spiro atoms. The van der Waals surface area contributed by atoms with Crippen molar-refractivity contribution in [3.05, 3.63) is 78.6 Å². The maximum absolute atomic E-state index is 12.4. The Hall–Kier alpha value is -3.39. The minimum atomic E-state index is -0.954. The molecule has 1 heterocycles. The van der Waals surface area contributed by atoms with Gasteiger partial charge in [0.2, 0.25) is 0 Å². The molecule has 1 aromatic heterocycles. The summed E-state index contributed by atoms with van der Waals surface area (Å²) >= 11 is 5.82. The summed E-state index contributed by atoms with van der Waals surface area (Å²) in [6.07, 6.45) is 0.537. The zero-order valence-electron chi connectivity index (χ0n) is 14.6. The topological polar surface area (TPSA) is 120 Å². The smallest absolute Gasteiger partial charge is 0.345 e. The standard InChI is InChI=1S/C19H14ClNO7/c1-2-10-5-13-11(6-18(23)28-17(13)8-16(10)22)9-27-19(24)14-7-12(20)3-4-15(14)21(25)26/h3-8,22H,2,9H2,1H3. The maximum Gasteiger partial charge on any atom is 0.345 e. The van der Waals surface area contributed by atoms with E-state index in [-0.39, 0.29) is 28.5 Å². The van der Waals surface area contributed by atoms with E-state index in [9.17, 15) is 24.8 Å². The Bertz CT molecular complexity index is 1150. The van der Waals surface area contributed by atoms with Crippen LogP contribution in [0, 0.1) is 10.1 Å². The number of aromatic hydroxyl groups is 1. The van der Waals surface area contributed by atoms with Gasteiger partial charge < -0.3 is 14.3 Å². The van der Waals surface area contributed by atoms with E-state index in [1.54, 1.807) is 6.07 Å². The molecule has 0 saturated heterocycles. The van der Waals surface area contributed by atoms with Gasteiger partial charge >= 0.3 is 11.6 Å². The summed E-state index contributed by atoms with van der Waals surface area (Å²) in [5.74, 6) is -0.966. The highest BCUT2D eigenvalue weighted by atomic mass is 35.5.